The molecule has 9 aromatic carbocycles. The SMILES string of the molecule is Cc1cc(C)cc(-c2nc3ccccc3n2-c2cccc(-c3nc(-c4cccc(-n5c(-c6cc(C(F)(F)F)cc(C(F)(F)F)c6)nc6ccccc65)c4)nc(-c4cccc(-n5c(-c6cc(C(F)(F)F)cc(C(F)(F)F)c6)nc6ccccc65)c4)n3)c2)c1. The Kier molecular flexibility index (Phi) is 13.2. The minimum absolute atomic E-state index is 0.0264. The van der Waals surface area contributed by atoms with Gasteiger partial charge in [0.25, 0.3) is 0 Å². The van der Waals surface area contributed by atoms with E-state index >= 15 is 0 Å². The van der Waals surface area contributed by atoms with Crippen LogP contribution < -0.4 is 0 Å². The maximum atomic E-state index is 14.4. The molecule has 87 heavy (non-hydrogen) atoms. The van der Waals surface area contributed by atoms with Gasteiger partial charge in [0.15, 0.2) is 17.5 Å². The summed E-state index contributed by atoms with van der Waals surface area (Å²) in [4.78, 5) is 29.3. The summed E-state index contributed by atoms with van der Waals surface area (Å²) in [5.74, 6) is 0.322. The summed E-state index contributed by atoms with van der Waals surface area (Å²) in [5, 5.41) is 0. The lowest BCUT2D eigenvalue weighted by molar-refractivity contribution is -0.144. The first-order chi connectivity index (χ1) is 41.4. The average molecular weight is 1190 g/mol. The van der Waals surface area contributed by atoms with Gasteiger partial charge in [-0.05, 0) is 135 Å². The fourth-order valence-electron chi connectivity index (χ4n) is 10.8. The number of aromatic nitrogens is 9. The quantitative estimate of drug-likeness (QED) is 0.134. The molecule has 0 aliphatic carbocycles. The van der Waals surface area contributed by atoms with Crippen LogP contribution in [0, 0.1) is 13.8 Å². The van der Waals surface area contributed by atoms with Crippen molar-refractivity contribution in [2.45, 2.75) is 38.6 Å². The Morgan fingerprint density at radius 1 is 0.264 bits per heavy atom. The number of hydrogen-bond acceptors (Lipinski definition) is 6. The minimum Gasteiger partial charge on any atom is -0.292 e. The highest BCUT2D eigenvalue weighted by molar-refractivity contribution is 5.87. The maximum absolute atomic E-state index is 14.4. The van der Waals surface area contributed by atoms with Crippen LogP contribution in [-0.4, -0.2) is 43.6 Å². The summed E-state index contributed by atoms with van der Waals surface area (Å²) >= 11 is 0. The van der Waals surface area contributed by atoms with Gasteiger partial charge in [-0.1, -0.05) is 90.0 Å². The predicted molar refractivity (Wildman–Crippen MR) is 306 cm³/mol. The van der Waals surface area contributed by atoms with Gasteiger partial charge in [0.05, 0.1) is 55.4 Å². The van der Waals surface area contributed by atoms with Gasteiger partial charge in [-0.3, -0.25) is 13.7 Å². The van der Waals surface area contributed by atoms with Crippen LogP contribution in [0.25, 0.3) is 118 Å². The topological polar surface area (TPSA) is 92.1 Å². The van der Waals surface area contributed by atoms with Crippen molar-refractivity contribution in [3.8, 4) is 85.4 Å². The number of fused-ring (bicyclic) bond motifs is 3. The molecular weight excluding hydrogens is 1150 g/mol. The molecule has 4 heterocycles. The van der Waals surface area contributed by atoms with Crippen LogP contribution in [0.5, 0.6) is 0 Å². The number of para-hydroxylation sites is 6. The van der Waals surface area contributed by atoms with Gasteiger partial charge in [0.1, 0.15) is 17.5 Å². The second-order valence-corrected chi connectivity index (χ2v) is 20.7. The third-order valence-corrected chi connectivity index (χ3v) is 14.6. The summed E-state index contributed by atoms with van der Waals surface area (Å²) in [6.07, 6.45) is -20.6. The minimum atomic E-state index is -5.16. The molecule has 0 radical (unpaired) electrons. The molecule has 0 saturated carbocycles. The van der Waals surface area contributed by atoms with Crippen LogP contribution >= 0.6 is 0 Å². The molecule has 0 amide bonds. The van der Waals surface area contributed by atoms with Gasteiger partial charge in [-0.15, -0.1) is 0 Å². The van der Waals surface area contributed by atoms with Gasteiger partial charge >= 0.3 is 24.7 Å². The number of benzene rings is 9. The van der Waals surface area contributed by atoms with E-state index in [2.05, 4.69) is 16.0 Å². The second-order valence-electron chi connectivity index (χ2n) is 20.7. The van der Waals surface area contributed by atoms with Crippen LogP contribution in [0.1, 0.15) is 33.4 Å². The molecule has 0 spiro atoms. The van der Waals surface area contributed by atoms with Crippen molar-refractivity contribution >= 4 is 33.1 Å². The van der Waals surface area contributed by atoms with Gasteiger partial charge in [0, 0.05) is 50.4 Å². The number of aryl methyl sites for hydroxylation is 2. The van der Waals surface area contributed by atoms with Crippen molar-refractivity contribution in [2.75, 3.05) is 0 Å². The van der Waals surface area contributed by atoms with Crippen molar-refractivity contribution in [3.63, 3.8) is 0 Å². The molecule has 21 heteroatoms. The normalized spacial score (nSPS) is 12.5. The van der Waals surface area contributed by atoms with Crippen molar-refractivity contribution in [1.29, 1.82) is 0 Å². The van der Waals surface area contributed by atoms with Crippen molar-refractivity contribution < 1.29 is 52.7 Å². The molecule has 0 atom stereocenters. The molecule has 0 fully saturated rings. The first-order valence-corrected chi connectivity index (χ1v) is 26.6. The van der Waals surface area contributed by atoms with Crippen LogP contribution in [0.2, 0.25) is 0 Å². The lowest BCUT2D eigenvalue weighted by Gasteiger charge is -2.16. The highest BCUT2D eigenvalue weighted by Gasteiger charge is 2.39. The number of halogens is 12. The Labute approximate surface area is 485 Å². The number of hydrogen-bond donors (Lipinski definition) is 0. The van der Waals surface area contributed by atoms with E-state index in [-0.39, 0.29) is 63.7 Å². The van der Waals surface area contributed by atoms with Crippen molar-refractivity contribution in [1.82, 2.24) is 43.6 Å². The van der Waals surface area contributed by atoms with Gasteiger partial charge < -0.3 is 0 Å². The fraction of sp³-hybridized carbons (Fsp3) is 0.0909. The molecule has 13 rings (SSSR count). The first kappa shape index (κ1) is 55.7. The summed E-state index contributed by atoms with van der Waals surface area (Å²) < 4.78 is 177. The molecule has 13 aromatic rings. The highest BCUT2D eigenvalue weighted by Crippen LogP contribution is 2.43. The fourth-order valence-corrected chi connectivity index (χ4v) is 10.8. The van der Waals surface area contributed by atoms with Gasteiger partial charge in [-0.2, -0.15) is 52.7 Å². The molecule has 4 aromatic heterocycles. The first-order valence-electron chi connectivity index (χ1n) is 26.6. The van der Waals surface area contributed by atoms with E-state index in [0.717, 1.165) is 22.2 Å². The standard InChI is InChI=1S/C66H39F12N9/c1-36-24-37(2)26-41(25-36)60-79-51-18-3-6-21-54(51)85(60)48-15-9-12-38(31-48)57-82-58(39-13-10-16-49(32-39)86-55-22-7-4-19-52(55)80-61(86)42-27-44(63(67,68)69)34-45(28-42)64(70,71)72)84-59(83-57)40-14-11-17-50(33-40)87-56-23-8-5-20-53(56)81-62(87)43-29-46(65(73,74)75)35-47(30-43)66(76,77)78/h3-35H,1-2H3. The summed E-state index contributed by atoms with van der Waals surface area (Å²) in [5.41, 5.74) is 0.642. The molecule has 0 aliphatic heterocycles. The van der Waals surface area contributed by atoms with E-state index in [4.69, 9.17) is 19.9 Å². The summed E-state index contributed by atoms with van der Waals surface area (Å²) in [6.45, 7) is 3.98. The number of nitrogens with zero attached hydrogens (tertiary/aromatic N) is 9. The third-order valence-electron chi connectivity index (χ3n) is 14.6. The summed E-state index contributed by atoms with van der Waals surface area (Å²) in [7, 11) is 0. The number of imidazole rings is 3. The Hall–Kier alpha value is -10.4. The van der Waals surface area contributed by atoms with Crippen LogP contribution in [0.3, 0.4) is 0 Å². The molecule has 0 saturated heterocycles. The van der Waals surface area contributed by atoms with E-state index in [1.807, 2.05) is 73.0 Å². The molecule has 9 nitrogen and oxygen atoms in total. The number of alkyl halides is 12. The zero-order valence-corrected chi connectivity index (χ0v) is 45.1. The Morgan fingerprint density at radius 2 is 0.540 bits per heavy atom. The maximum Gasteiger partial charge on any atom is 0.416 e. The monoisotopic (exact) mass is 1190 g/mol. The lowest BCUT2D eigenvalue weighted by Crippen LogP contribution is -2.11. The van der Waals surface area contributed by atoms with E-state index in [1.54, 1.807) is 103 Å². The number of rotatable bonds is 9. The third kappa shape index (κ3) is 10.6. The Bertz CT molecular complexity index is 4570. The smallest absolute Gasteiger partial charge is 0.292 e. The Balaban J connectivity index is 1.02. The van der Waals surface area contributed by atoms with E-state index < -0.39 is 58.1 Å². The zero-order valence-electron chi connectivity index (χ0n) is 45.1. The zero-order chi connectivity index (χ0) is 60.9. The van der Waals surface area contributed by atoms with Crippen molar-refractivity contribution in [2.24, 2.45) is 0 Å². The highest BCUT2D eigenvalue weighted by atomic mass is 19.4. The van der Waals surface area contributed by atoms with E-state index in [1.165, 1.54) is 9.13 Å². The summed E-state index contributed by atoms with van der Waals surface area (Å²) in [6, 6.07) is 49.3. The largest absolute Gasteiger partial charge is 0.416 e. The van der Waals surface area contributed by atoms with Crippen LogP contribution in [0.4, 0.5) is 52.7 Å². The predicted octanol–water partition coefficient (Wildman–Crippen LogP) is 18.6. The van der Waals surface area contributed by atoms with Crippen LogP contribution in [0.15, 0.2) is 200 Å². The average Bonchev–Trinajstić information content (AvgIpc) is 1.75. The molecule has 0 aliphatic rings. The van der Waals surface area contributed by atoms with Gasteiger partial charge in [0.2, 0.25) is 0 Å². The molecule has 0 unspecified atom stereocenters. The lowest BCUT2D eigenvalue weighted by atomic mass is 10.0. The molecule has 0 bridgehead atoms. The molecular formula is C66H39F12N9. The van der Waals surface area contributed by atoms with Crippen molar-refractivity contribution in [3.05, 3.63) is 234 Å². The Morgan fingerprint density at radius 3 is 0.828 bits per heavy atom. The molecule has 432 valence electrons. The van der Waals surface area contributed by atoms with E-state index in [9.17, 15) is 52.7 Å². The van der Waals surface area contributed by atoms with Crippen LogP contribution in [-0.2, 0) is 24.7 Å². The second kappa shape index (κ2) is 20.7. The molecule has 0 N–H and O–H groups in total. The van der Waals surface area contributed by atoms with Gasteiger partial charge in [-0.25, -0.2) is 29.9 Å². The van der Waals surface area contributed by atoms with E-state index in [0.29, 0.717) is 69.0 Å².